The lowest BCUT2D eigenvalue weighted by molar-refractivity contribution is -0.0103. The molecule has 0 aromatic rings. The van der Waals surface area contributed by atoms with Crippen LogP contribution in [0.2, 0.25) is 0 Å². The largest absolute Gasteiger partial charge is 0.369 e. The second kappa shape index (κ2) is 4.58. The van der Waals surface area contributed by atoms with Gasteiger partial charge in [0.25, 0.3) is 0 Å². The van der Waals surface area contributed by atoms with Crippen LogP contribution in [0.5, 0.6) is 0 Å². The van der Waals surface area contributed by atoms with Crippen LogP contribution in [0.4, 0.5) is 0 Å². The van der Waals surface area contributed by atoms with Crippen molar-refractivity contribution in [1.82, 2.24) is 19.6 Å². The van der Waals surface area contributed by atoms with Crippen LogP contribution in [0.3, 0.4) is 0 Å². The molecular weight excluding hydrogens is 204 g/mol. The lowest BCUT2D eigenvalue weighted by atomic mass is 10.3. The lowest BCUT2D eigenvalue weighted by Gasteiger charge is -2.37. The van der Waals surface area contributed by atoms with Crippen LogP contribution in [-0.2, 0) is 4.74 Å². The van der Waals surface area contributed by atoms with Gasteiger partial charge in [0.1, 0.15) is 6.29 Å². The van der Waals surface area contributed by atoms with Crippen molar-refractivity contribution in [2.75, 3.05) is 66.2 Å². The molecule has 3 rings (SSSR count). The van der Waals surface area contributed by atoms with E-state index in [9.17, 15) is 0 Å². The molecule has 0 amide bonds. The predicted octanol–water partition coefficient (Wildman–Crippen LogP) is -0.877. The van der Waals surface area contributed by atoms with Crippen molar-refractivity contribution in [3.8, 4) is 0 Å². The van der Waals surface area contributed by atoms with Gasteiger partial charge in [0, 0.05) is 59.5 Å². The van der Waals surface area contributed by atoms with Crippen molar-refractivity contribution in [3.05, 3.63) is 0 Å². The van der Waals surface area contributed by atoms with Gasteiger partial charge in [-0.05, 0) is 0 Å². The van der Waals surface area contributed by atoms with Gasteiger partial charge in [-0.1, -0.05) is 0 Å². The predicted molar refractivity (Wildman–Crippen MR) is 62.0 cm³/mol. The van der Waals surface area contributed by atoms with Crippen LogP contribution in [0.25, 0.3) is 0 Å². The normalized spacial score (nSPS) is 30.6. The Morgan fingerprint density at radius 3 is 1.69 bits per heavy atom. The second-order valence-corrected chi connectivity index (χ2v) is 4.99. The molecule has 0 atom stereocenters. The van der Waals surface area contributed by atoms with Crippen LogP contribution in [0, 0.1) is 0 Å². The summed E-state index contributed by atoms with van der Waals surface area (Å²) in [6.45, 7) is 10.4. The van der Waals surface area contributed by atoms with E-state index in [0.717, 1.165) is 19.8 Å². The summed E-state index contributed by atoms with van der Waals surface area (Å²) in [5.41, 5.74) is 0. The van der Waals surface area contributed by atoms with Gasteiger partial charge in [-0.25, -0.2) is 0 Å². The van der Waals surface area contributed by atoms with Gasteiger partial charge in [0.05, 0.1) is 6.73 Å². The average molecular weight is 226 g/mol. The molecule has 3 fully saturated rings. The molecule has 3 heterocycles. The molecule has 0 saturated carbocycles. The molecule has 16 heavy (non-hydrogen) atoms. The average Bonchev–Trinajstić information content (AvgIpc) is 2.80. The first-order valence-corrected chi connectivity index (χ1v) is 6.32. The summed E-state index contributed by atoms with van der Waals surface area (Å²) in [6, 6.07) is 0. The van der Waals surface area contributed by atoms with Gasteiger partial charge in [-0.2, -0.15) is 0 Å². The van der Waals surface area contributed by atoms with Gasteiger partial charge in [-0.15, -0.1) is 0 Å². The molecule has 0 bridgehead atoms. The molecule has 0 N–H and O–H groups in total. The minimum absolute atomic E-state index is 0.615. The zero-order valence-electron chi connectivity index (χ0n) is 10.1. The maximum absolute atomic E-state index is 5.25. The third-order valence-electron chi connectivity index (χ3n) is 4.05. The summed E-state index contributed by atoms with van der Waals surface area (Å²) in [5, 5.41) is 0. The Balaban J connectivity index is 1.67. The number of ether oxygens (including phenoxy) is 1. The number of hydrogen-bond donors (Lipinski definition) is 0. The Morgan fingerprint density at radius 2 is 1.25 bits per heavy atom. The summed E-state index contributed by atoms with van der Waals surface area (Å²) < 4.78 is 5.25. The van der Waals surface area contributed by atoms with Gasteiger partial charge in [0.2, 0.25) is 0 Å². The topological polar surface area (TPSA) is 22.2 Å². The summed E-state index contributed by atoms with van der Waals surface area (Å²) in [4.78, 5) is 10.3. The maximum atomic E-state index is 5.25. The molecule has 3 saturated heterocycles. The minimum Gasteiger partial charge on any atom is -0.369 e. The van der Waals surface area contributed by atoms with Crippen LogP contribution in [0.15, 0.2) is 0 Å². The van der Waals surface area contributed by atoms with Gasteiger partial charge in [-0.3, -0.25) is 19.6 Å². The Hall–Kier alpha value is -0.200. The number of hydrogen-bond acceptors (Lipinski definition) is 5. The molecule has 0 radical (unpaired) electrons. The highest BCUT2D eigenvalue weighted by Gasteiger charge is 2.41. The van der Waals surface area contributed by atoms with E-state index in [0.29, 0.717) is 6.29 Å². The second-order valence-electron chi connectivity index (χ2n) is 4.99. The van der Waals surface area contributed by atoms with E-state index in [4.69, 9.17) is 4.74 Å². The van der Waals surface area contributed by atoms with Crippen LogP contribution < -0.4 is 0 Å². The van der Waals surface area contributed by atoms with E-state index in [-0.39, 0.29) is 0 Å². The van der Waals surface area contributed by atoms with Crippen molar-refractivity contribution in [2.45, 2.75) is 6.29 Å². The molecule has 5 nitrogen and oxygen atoms in total. The van der Waals surface area contributed by atoms with E-state index in [1.54, 1.807) is 7.11 Å². The Kier molecular flexibility index (Phi) is 3.13. The number of methoxy groups -OCH3 is 1. The van der Waals surface area contributed by atoms with Crippen molar-refractivity contribution in [1.29, 1.82) is 0 Å². The van der Waals surface area contributed by atoms with Crippen molar-refractivity contribution < 1.29 is 4.74 Å². The Morgan fingerprint density at radius 1 is 0.812 bits per heavy atom. The zero-order chi connectivity index (χ0) is 11.0. The Bertz CT molecular complexity index is 230. The fourth-order valence-electron chi connectivity index (χ4n) is 3.20. The molecular formula is C11H22N4O. The summed E-state index contributed by atoms with van der Waals surface area (Å²) >= 11 is 0. The number of nitrogens with zero attached hydrogens (tertiary/aromatic N) is 4. The van der Waals surface area contributed by atoms with E-state index in [2.05, 4.69) is 19.6 Å². The third kappa shape index (κ3) is 1.87. The minimum atomic E-state index is 0.615. The molecule has 0 aromatic heterocycles. The fraction of sp³-hybridized carbons (Fsp3) is 1.00. The summed E-state index contributed by atoms with van der Waals surface area (Å²) in [5.74, 6) is 0. The lowest BCUT2D eigenvalue weighted by Crippen LogP contribution is -2.52. The molecule has 5 heteroatoms. The van der Waals surface area contributed by atoms with Crippen molar-refractivity contribution >= 4 is 0 Å². The smallest absolute Gasteiger partial charge is 0.119 e. The van der Waals surface area contributed by atoms with E-state index < -0.39 is 0 Å². The highest BCUT2D eigenvalue weighted by molar-refractivity contribution is 4.90. The Labute approximate surface area is 97.5 Å². The summed E-state index contributed by atoms with van der Waals surface area (Å²) in [7, 11) is 1.79. The van der Waals surface area contributed by atoms with Gasteiger partial charge < -0.3 is 4.74 Å². The highest BCUT2D eigenvalue weighted by atomic mass is 16.5. The monoisotopic (exact) mass is 226 g/mol. The van der Waals surface area contributed by atoms with E-state index in [1.165, 1.54) is 39.3 Å². The molecule has 92 valence electrons. The maximum Gasteiger partial charge on any atom is 0.119 e. The highest BCUT2D eigenvalue weighted by Crippen LogP contribution is 2.24. The van der Waals surface area contributed by atoms with E-state index in [1.807, 2.05) is 0 Å². The molecule has 0 unspecified atom stereocenters. The zero-order valence-corrected chi connectivity index (χ0v) is 10.1. The van der Waals surface area contributed by atoms with Crippen LogP contribution in [-0.4, -0.2) is 92.1 Å². The SMILES string of the molecule is COCN1CCN2CCN3CCN(CC1)C23. The third-order valence-corrected chi connectivity index (χ3v) is 4.05. The van der Waals surface area contributed by atoms with Gasteiger partial charge in [0.15, 0.2) is 0 Å². The first-order valence-electron chi connectivity index (χ1n) is 6.32. The van der Waals surface area contributed by atoms with Crippen molar-refractivity contribution in [2.24, 2.45) is 0 Å². The first-order chi connectivity index (χ1) is 7.88. The van der Waals surface area contributed by atoms with Crippen LogP contribution >= 0.6 is 0 Å². The fourth-order valence-corrected chi connectivity index (χ4v) is 3.20. The van der Waals surface area contributed by atoms with Crippen LogP contribution in [0.1, 0.15) is 0 Å². The van der Waals surface area contributed by atoms with Gasteiger partial charge >= 0.3 is 0 Å². The first kappa shape index (κ1) is 10.9. The molecule has 0 aliphatic carbocycles. The molecule has 3 aliphatic rings. The summed E-state index contributed by atoms with van der Waals surface area (Å²) in [6.07, 6.45) is 0.615. The van der Waals surface area contributed by atoms with Crippen molar-refractivity contribution in [3.63, 3.8) is 0 Å². The molecule has 0 spiro atoms. The number of rotatable bonds is 2. The quantitative estimate of drug-likeness (QED) is 0.608. The molecule has 0 aromatic carbocycles. The molecule has 3 aliphatic heterocycles. The van der Waals surface area contributed by atoms with E-state index >= 15 is 0 Å². The standard InChI is InChI=1S/C11H22N4O/c1-16-10-12-2-4-13-6-8-15-9-7-14(5-3-12)11(13)15/h11H,2-10H2,1H3.